The number of piperidine rings is 1. The normalized spacial score (nSPS) is 20.2. The molecule has 1 N–H and O–H groups in total. The molecule has 1 amide bonds. The lowest BCUT2D eigenvalue weighted by Gasteiger charge is -2.33. The van der Waals surface area contributed by atoms with Gasteiger partial charge in [0.1, 0.15) is 0 Å². The first kappa shape index (κ1) is 14.0. The predicted octanol–water partition coefficient (Wildman–Crippen LogP) is 2.08. The fraction of sp³-hybridized carbons (Fsp3) is 0.600. The Morgan fingerprint density at radius 2 is 2.42 bits per heavy atom. The van der Waals surface area contributed by atoms with Crippen molar-refractivity contribution in [2.75, 3.05) is 19.6 Å². The fourth-order valence-electron chi connectivity index (χ4n) is 2.57. The van der Waals surface area contributed by atoms with Crippen LogP contribution in [0.4, 0.5) is 0 Å². The van der Waals surface area contributed by atoms with E-state index < -0.39 is 0 Å². The third-order valence-electron chi connectivity index (χ3n) is 3.77. The van der Waals surface area contributed by atoms with Gasteiger partial charge in [-0.05, 0) is 44.9 Å². The molecule has 104 valence electrons. The van der Waals surface area contributed by atoms with Crippen molar-refractivity contribution in [3.05, 3.63) is 30.1 Å². The Morgan fingerprint density at radius 1 is 1.53 bits per heavy atom. The van der Waals surface area contributed by atoms with E-state index >= 15 is 0 Å². The lowest BCUT2D eigenvalue weighted by Crippen LogP contribution is -2.39. The highest BCUT2D eigenvalue weighted by molar-refractivity contribution is 5.93. The first-order valence-corrected chi connectivity index (χ1v) is 7.19. The maximum Gasteiger partial charge on any atom is 0.252 e. The Kier molecular flexibility index (Phi) is 5.33. The maximum absolute atomic E-state index is 11.8. The second-order valence-electron chi connectivity index (χ2n) is 5.23. The minimum absolute atomic E-state index is 0.0280. The number of pyridine rings is 1. The highest BCUT2D eigenvalue weighted by Crippen LogP contribution is 2.16. The quantitative estimate of drug-likeness (QED) is 0.825. The molecule has 1 unspecified atom stereocenters. The van der Waals surface area contributed by atoms with E-state index in [0.29, 0.717) is 11.6 Å². The Bertz CT molecular complexity index is 394. The summed E-state index contributed by atoms with van der Waals surface area (Å²) in [5, 5.41) is 2.95. The van der Waals surface area contributed by atoms with E-state index in [1.807, 2.05) is 0 Å². The number of nitrogens with zero attached hydrogens (tertiary/aromatic N) is 2. The van der Waals surface area contributed by atoms with Gasteiger partial charge in [-0.3, -0.25) is 9.78 Å². The summed E-state index contributed by atoms with van der Waals surface area (Å²) in [5.74, 6) is -0.0280. The van der Waals surface area contributed by atoms with E-state index in [4.69, 9.17) is 0 Å². The van der Waals surface area contributed by atoms with Crippen LogP contribution in [0.3, 0.4) is 0 Å². The second-order valence-corrected chi connectivity index (χ2v) is 5.23. The van der Waals surface area contributed by atoms with Gasteiger partial charge in [0.05, 0.1) is 5.56 Å². The van der Waals surface area contributed by atoms with Crippen LogP contribution >= 0.6 is 0 Å². The molecule has 1 aliphatic heterocycles. The molecule has 1 atom stereocenters. The summed E-state index contributed by atoms with van der Waals surface area (Å²) in [4.78, 5) is 18.3. The molecule has 2 heterocycles. The molecule has 1 fully saturated rings. The third kappa shape index (κ3) is 4.31. The summed E-state index contributed by atoms with van der Waals surface area (Å²) >= 11 is 0. The third-order valence-corrected chi connectivity index (χ3v) is 3.77. The molecule has 1 saturated heterocycles. The molecule has 0 radical (unpaired) electrons. The Labute approximate surface area is 115 Å². The van der Waals surface area contributed by atoms with Crippen LogP contribution in [0.2, 0.25) is 0 Å². The molecule has 1 aromatic heterocycles. The van der Waals surface area contributed by atoms with Gasteiger partial charge in [-0.1, -0.05) is 6.42 Å². The van der Waals surface area contributed by atoms with Crippen LogP contribution in [0, 0.1) is 0 Å². The summed E-state index contributed by atoms with van der Waals surface area (Å²) in [6, 6.07) is 4.27. The van der Waals surface area contributed by atoms with E-state index in [0.717, 1.165) is 19.5 Å². The number of nitrogens with one attached hydrogen (secondary N) is 1. The van der Waals surface area contributed by atoms with Crippen LogP contribution < -0.4 is 5.32 Å². The summed E-state index contributed by atoms with van der Waals surface area (Å²) < 4.78 is 0. The zero-order valence-corrected chi connectivity index (χ0v) is 11.6. The van der Waals surface area contributed by atoms with Gasteiger partial charge >= 0.3 is 0 Å². The predicted molar refractivity (Wildman–Crippen MR) is 76.1 cm³/mol. The van der Waals surface area contributed by atoms with Crippen molar-refractivity contribution < 1.29 is 4.79 Å². The second kappa shape index (κ2) is 7.24. The van der Waals surface area contributed by atoms with Crippen LogP contribution in [-0.4, -0.2) is 41.5 Å². The van der Waals surface area contributed by atoms with Gasteiger partial charge < -0.3 is 10.2 Å². The monoisotopic (exact) mass is 261 g/mol. The molecular weight excluding hydrogens is 238 g/mol. The number of aromatic nitrogens is 1. The summed E-state index contributed by atoms with van der Waals surface area (Å²) in [6.45, 7) is 5.32. The molecule has 4 nitrogen and oxygen atoms in total. The number of rotatable bonds is 5. The van der Waals surface area contributed by atoms with E-state index in [1.54, 1.807) is 24.5 Å². The molecule has 0 aliphatic carbocycles. The molecule has 4 heteroatoms. The highest BCUT2D eigenvalue weighted by Gasteiger charge is 2.17. The summed E-state index contributed by atoms with van der Waals surface area (Å²) in [7, 11) is 0. The van der Waals surface area contributed by atoms with Crippen molar-refractivity contribution in [1.82, 2.24) is 15.2 Å². The zero-order chi connectivity index (χ0) is 13.5. The molecule has 1 aliphatic rings. The van der Waals surface area contributed by atoms with Gasteiger partial charge in [0, 0.05) is 31.5 Å². The van der Waals surface area contributed by atoms with Crippen molar-refractivity contribution in [2.45, 2.75) is 38.6 Å². The van der Waals surface area contributed by atoms with Gasteiger partial charge in [-0.25, -0.2) is 0 Å². The minimum atomic E-state index is -0.0280. The minimum Gasteiger partial charge on any atom is -0.352 e. The molecule has 1 aromatic rings. The van der Waals surface area contributed by atoms with E-state index in [2.05, 4.69) is 22.1 Å². The van der Waals surface area contributed by atoms with Crippen molar-refractivity contribution in [2.24, 2.45) is 0 Å². The lowest BCUT2D eigenvalue weighted by atomic mass is 10.0. The molecule has 0 spiro atoms. The van der Waals surface area contributed by atoms with Crippen molar-refractivity contribution in [3.63, 3.8) is 0 Å². The Morgan fingerprint density at radius 3 is 3.16 bits per heavy atom. The molecule has 0 saturated carbocycles. The van der Waals surface area contributed by atoms with Gasteiger partial charge in [0.2, 0.25) is 0 Å². The van der Waals surface area contributed by atoms with Gasteiger partial charge in [0.15, 0.2) is 0 Å². The van der Waals surface area contributed by atoms with E-state index in [1.165, 1.54) is 25.8 Å². The van der Waals surface area contributed by atoms with Crippen LogP contribution in [0.5, 0.6) is 0 Å². The number of carbonyl (C=O) groups excluding carboxylic acids is 1. The standard InChI is InChI=1S/C15H23N3O/c1-13-6-2-3-10-18(13)11-5-9-17-15(19)14-7-4-8-16-12-14/h4,7-8,12-13H,2-3,5-6,9-11H2,1H3,(H,17,19). The van der Waals surface area contributed by atoms with Gasteiger partial charge in [0.25, 0.3) is 5.91 Å². The number of carbonyl (C=O) groups is 1. The fourth-order valence-corrected chi connectivity index (χ4v) is 2.57. The average Bonchev–Trinajstić information content (AvgIpc) is 2.46. The van der Waals surface area contributed by atoms with Crippen molar-refractivity contribution in [1.29, 1.82) is 0 Å². The number of amides is 1. The number of hydrogen-bond donors (Lipinski definition) is 1. The Balaban J connectivity index is 1.65. The van der Waals surface area contributed by atoms with Crippen molar-refractivity contribution >= 4 is 5.91 Å². The largest absolute Gasteiger partial charge is 0.352 e. The summed E-state index contributed by atoms with van der Waals surface area (Å²) in [5.41, 5.74) is 0.633. The van der Waals surface area contributed by atoms with Crippen LogP contribution in [0.1, 0.15) is 43.0 Å². The summed E-state index contributed by atoms with van der Waals surface area (Å²) in [6.07, 6.45) is 8.26. The smallest absolute Gasteiger partial charge is 0.252 e. The van der Waals surface area contributed by atoms with Crippen LogP contribution in [0.15, 0.2) is 24.5 Å². The molecular formula is C15H23N3O. The number of hydrogen-bond acceptors (Lipinski definition) is 3. The molecule has 0 bridgehead atoms. The zero-order valence-electron chi connectivity index (χ0n) is 11.6. The highest BCUT2D eigenvalue weighted by atomic mass is 16.1. The van der Waals surface area contributed by atoms with Gasteiger partial charge in [-0.2, -0.15) is 0 Å². The van der Waals surface area contributed by atoms with E-state index in [9.17, 15) is 4.79 Å². The number of likely N-dealkylation sites (tertiary alicyclic amines) is 1. The first-order valence-electron chi connectivity index (χ1n) is 7.19. The van der Waals surface area contributed by atoms with E-state index in [-0.39, 0.29) is 5.91 Å². The van der Waals surface area contributed by atoms with Gasteiger partial charge in [-0.15, -0.1) is 0 Å². The SMILES string of the molecule is CC1CCCCN1CCCNC(=O)c1cccnc1. The first-order chi connectivity index (χ1) is 9.27. The lowest BCUT2D eigenvalue weighted by molar-refractivity contribution is 0.0948. The topological polar surface area (TPSA) is 45.2 Å². The van der Waals surface area contributed by atoms with Crippen molar-refractivity contribution in [3.8, 4) is 0 Å². The van der Waals surface area contributed by atoms with Crippen LogP contribution in [0.25, 0.3) is 0 Å². The average molecular weight is 261 g/mol. The molecule has 2 rings (SSSR count). The maximum atomic E-state index is 11.8. The molecule has 0 aromatic carbocycles. The Hall–Kier alpha value is -1.42. The molecule has 19 heavy (non-hydrogen) atoms. The van der Waals surface area contributed by atoms with Crippen LogP contribution in [-0.2, 0) is 0 Å².